The third kappa shape index (κ3) is 2.22. The molecule has 2 heterocycles. The third-order valence-electron chi connectivity index (χ3n) is 3.09. The molecule has 18 heavy (non-hydrogen) atoms. The van der Waals surface area contributed by atoms with E-state index in [1.54, 1.807) is 11.3 Å². The number of alkyl halides is 1. The van der Waals surface area contributed by atoms with Crippen molar-refractivity contribution in [2.45, 2.75) is 11.2 Å². The molecule has 92 valence electrons. The van der Waals surface area contributed by atoms with E-state index in [1.165, 1.54) is 11.1 Å². The maximum atomic E-state index is 11.9. The SMILES string of the molecule is O=C1CC(Br)CN1c1cccc(-c2ccsc2)c1. The van der Waals surface area contributed by atoms with E-state index in [2.05, 4.69) is 44.9 Å². The quantitative estimate of drug-likeness (QED) is 0.768. The molecule has 1 aromatic heterocycles. The first-order valence-corrected chi connectivity index (χ1v) is 7.67. The fourth-order valence-corrected chi connectivity index (χ4v) is 3.43. The molecule has 1 aliphatic heterocycles. The fraction of sp³-hybridized carbons (Fsp3) is 0.214. The van der Waals surface area contributed by atoms with Gasteiger partial charge in [-0.05, 0) is 40.1 Å². The van der Waals surface area contributed by atoms with E-state index >= 15 is 0 Å². The monoisotopic (exact) mass is 321 g/mol. The van der Waals surface area contributed by atoms with E-state index in [1.807, 2.05) is 17.0 Å². The molecule has 0 radical (unpaired) electrons. The number of hydrogen-bond acceptors (Lipinski definition) is 2. The van der Waals surface area contributed by atoms with Gasteiger partial charge in [0.2, 0.25) is 5.91 Å². The fourth-order valence-electron chi connectivity index (χ4n) is 2.20. The number of anilines is 1. The zero-order valence-electron chi connectivity index (χ0n) is 9.67. The molecular formula is C14H12BrNOS. The van der Waals surface area contributed by atoms with Gasteiger partial charge in [0.05, 0.1) is 0 Å². The van der Waals surface area contributed by atoms with Crippen molar-refractivity contribution >= 4 is 38.9 Å². The Balaban J connectivity index is 1.94. The van der Waals surface area contributed by atoms with Gasteiger partial charge in [0.15, 0.2) is 0 Å². The number of thiophene rings is 1. The van der Waals surface area contributed by atoms with Gasteiger partial charge in [0.1, 0.15) is 0 Å². The summed E-state index contributed by atoms with van der Waals surface area (Å²) in [4.78, 5) is 14.0. The molecule has 0 saturated carbocycles. The molecule has 3 rings (SSSR count). The minimum absolute atomic E-state index is 0.194. The Hall–Kier alpha value is -1.13. The van der Waals surface area contributed by atoms with Crippen LogP contribution in [0.5, 0.6) is 0 Å². The Bertz CT molecular complexity index is 567. The maximum Gasteiger partial charge on any atom is 0.228 e. The first-order chi connectivity index (χ1) is 8.74. The van der Waals surface area contributed by atoms with Crippen molar-refractivity contribution in [1.29, 1.82) is 0 Å². The lowest BCUT2D eigenvalue weighted by Gasteiger charge is -2.16. The highest BCUT2D eigenvalue weighted by molar-refractivity contribution is 9.09. The predicted octanol–water partition coefficient (Wildman–Crippen LogP) is 3.92. The van der Waals surface area contributed by atoms with Crippen molar-refractivity contribution in [3.63, 3.8) is 0 Å². The maximum absolute atomic E-state index is 11.9. The molecule has 2 aromatic rings. The van der Waals surface area contributed by atoms with Gasteiger partial charge in [-0.1, -0.05) is 28.1 Å². The van der Waals surface area contributed by atoms with Crippen LogP contribution in [-0.2, 0) is 4.79 Å². The molecule has 1 unspecified atom stereocenters. The van der Waals surface area contributed by atoms with Gasteiger partial charge in [0, 0.05) is 23.5 Å². The van der Waals surface area contributed by atoms with Crippen LogP contribution < -0.4 is 4.90 Å². The first-order valence-electron chi connectivity index (χ1n) is 5.81. The number of nitrogens with zero attached hydrogens (tertiary/aromatic N) is 1. The van der Waals surface area contributed by atoms with Gasteiger partial charge in [-0.2, -0.15) is 11.3 Å². The smallest absolute Gasteiger partial charge is 0.228 e. The molecule has 0 bridgehead atoms. The Kier molecular flexibility index (Phi) is 3.22. The summed E-state index contributed by atoms with van der Waals surface area (Å²) in [5.41, 5.74) is 3.37. The average molecular weight is 322 g/mol. The minimum Gasteiger partial charge on any atom is -0.311 e. The third-order valence-corrected chi connectivity index (χ3v) is 4.39. The minimum atomic E-state index is 0.194. The van der Waals surface area contributed by atoms with Gasteiger partial charge < -0.3 is 4.90 Å². The number of hydrogen-bond donors (Lipinski definition) is 0. The summed E-state index contributed by atoms with van der Waals surface area (Å²) >= 11 is 5.20. The van der Waals surface area contributed by atoms with Crippen molar-refractivity contribution < 1.29 is 4.79 Å². The Morgan fingerprint density at radius 3 is 2.83 bits per heavy atom. The van der Waals surface area contributed by atoms with Crippen molar-refractivity contribution in [3.8, 4) is 11.1 Å². The summed E-state index contributed by atoms with van der Waals surface area (Å²) in [7, 11) is 0. The molecule has 1 aromatic carbocycles. The van der Waals surface area contributed by atoms with Crippen LogP contribution in [0.1, 0.15) is 6.42 Å². The molecule has 0 aliphatic carbocycles. The van der Waals surface area contributed by atoms with Crippen molar-refractivity contribution in [3.05, 3.63) is 41.1 Å². The average Bonchev–Trinajstić information content (AvgIpc) is 2.99. The molecule has 0 spiro atoms. The topological polar surface area (TPSA) is 20.3 Å². The summed E-state index contributed by atoms with van der Waals surface area (Å²) in [6, 6.07) is 10.3. The molecule has 0 N–H and O–H groups in total. The van der Waals surface area contributed by atoms with E-state index in [0.717, 1.165) is 12.2 Å². The highest BCUT2D eigenvalue weighted by atomic mass is 79.9. The summed E-state index contributed by atoms with van der Waals surface area (Å²) in [5, 5.41) is 4.19. The van der Waals surface area contributed by atoms with Gasteiger partial charge in [0.25, 0.3) is 0 Å². The summed E-state index contributed by atoms with van der Waals surface area (Å²) in [6.45, 7) is 0.756. The van der Waals surface area contributed by atoms with Crippen LogP contribution in [-0.4, -0.2) is 17.3 Å². The number of carbonyl (C=O) groups is 1. The van der Waals surface area contributed by atoms with E-state index in [9.17, 15) is 4.79 Å². The highest BCUT2D eigenvalue weighted by Gasteiger charge is 2.28. The van der Waals surface area contributed by atoms with Crippen molar-refractivity contribution in [1.82, 2.24) is 0 Å². The second kappa shape index (κ2) is 4.86. The van der Waals surface area contributed by atoms with Crippen LogP contribution in [0.15, 0.2) is 41.1 Å². The van der Waals surface area contributed by atoms with Crippen molar-refractivity contribution in [2.24, 2.45) is 0 Å². The molecular weight excluding hydrogens is 310 g/mol. The van der Waals surface area contributed by atoms with Crippen LogP contribution in [0, 0.1) is 0 Å². The number of halogens is 1. The Morgan fingerprint density at radius 2 is 2.17 bits per heavy atom. The van der Waals surface area contributed by atoms with E-state index in [-0.39, 0.29) is 10.7 Å². The van der Waals surface area contributed by atoms with Gasteiger partial charge >= 0.3 is 0 Å². The zero-order valence-corrected chi connectivity index (χ0v) is 12.1. The number of amides is 1. The lowest BCUT2D eigenvalue weighted by Crippen LogP contribution is -2.24. The number of benzene rings is 1. The van der Waals surface area contributed by atoms with Gasteiger partial charge in [-0.15, -0.1) is 0 Å². The van der Waals surface area contributed by atoms with Gasteiger partial charge in [-0.25, -0.2) is 0 Å². The molecule has 1 fully saturated rings. The number of rotatable bonds is 2. The largest absolute Gasteiger partial charge is 0.311 e. The lowest BCUT2D eigenvalue weighted by molar-refractivity contribution is -0.117. The van der Waals surface area contributed by atoms with E-state index in [0.29, 0.717) is 6.42 Å². The summed E-state index contributed by atoms with van der Waals surface area (Å²) < 4.78 is 0. The van der Waals surface area contributed by atoms with Gasteiger partial charge in [-0.3, -0.25) is 4.79 Å². The zero-order chi connectivity index (χ0) is 12.5. The molecule has 1 atom stereocenters. The van der Waals surface area contributed by atoms with E-state index < -0.39 is 0 Å². The molecule has 4 heteroatoms. The summed E-state index contributed by atoms with van der Waals surface area (Å²) in [6.07, 6.45) is 0.586. The second-order valence-electron chi connectivity index (χ2n) is 4.37. The van der Waals surface area contributed by atoms with Crippen LogP contribution in [0.3, 0.4) is 0 Å². The van der Waals surface area contributed by atoms with E-state index in [4.69, 9.17) is 0 Å². The van der Waals surface area contributed by atoms with Crippen LogP contribution in [0.2, 0.25) is 0 Å². The highest BCUT2D eigenvalue weighted by Crippen LogP contribution is 2.30. The van der Waals surface area contributed by atoms with Crippen LogP contribution in [0.4, 0.5) is 5.69 Å². The molecule has 1 amide bonds. The van der Waals surface area contributed by atoms with Crippen LogP contribution in [0.25, 0.3) is 11.1 Å². The predicted molar refractivity (Wildman–Crippen MR) is 79.4 cm³/mol. The summed E-state index contributed by atoms with van der Waals surface area (Å²) in [5.74, 6) is 0.194. The standard InChI is InChI=1S/C14H12BrNOS/c15-12-7-14(17)16(8-12)13-3-1-2-10(6-13)11-4-5-18-9-11/h1-6,9,12H,7-8H2. The molecule has 2 nitrogen and oxygen atoms in total. The molecule has 1 aliphatic rings. The Morgan fingerprint density at radius 1 is 1.28 bits per heavy atom. The normalized spacial score (nSPS) is 19.5. The van der Waals surface area contributed by atoms with Crippen molar-refractivity contribution in [2.75, 3.05) is 11.4 Å². The second-order valence-corrected chi connectivity index (χ2v) is 6.44. The molecule has 1 saturated heterocycles. The first kappa shape index (κ1) is 11.9. The number of carbonyl (C=O) groups excluding carboxylic acids is 1. The Labute approximate surface area is 118 Å². The lowest BCUT2D eigenvalue weighted by atomic mass is 10.1. The van der Waals surface area contributed by atoms with Crippen LogP contribution >= 0.6 is 27.3 Å².